The fourth-order valence-electron chi connectivity index (χ4n) is 2.89. The molecule has 0 saturated heterocycles. The average Bonchev–Trinajstić information content (AvgIpc) is 3.26. The van der Waals surface area contributed by atoms with Gasteiger partial charge in [0.2, 0.25) is 11.8 Å². The molecule has 2 aromatic rings. The van der Waals surface area contributed by atoms with Crippen LogP contribution in [0.5, 0.6) is 0 Å². The van der Waals surface area contributed by atoms with Crippen LogP contribution in [0, 0.1) is 5.92 Å². The molecular formula is C21H28N3O8P. The van der Waals surface area contributed by atoms with E-state index in [1.165, 1.54) is 6.92 Å². The van der Waals surface area contributed by atoms with Gasteiger partial charge in [-0.2, -0.15) is 0 Å². The second kappa shape index (κ2) is 11.8. The number of hydrogen-bond donors (Lipinski definition) is 5. The molecule has 180 valence electrons. The van der Waals surface area contributed by atoms with Crippen LogP contribution < -0.4 is 15.7 Å². The van der Waals surface area contributed by atoms with E-state index in [-0.39, 0.29) is 6.42 Å². The molecule has 0 aliphatic carbocycles. The van der Waals surface area contributed by atoms with Gasteiger partial charge < -0.3 is 25.1 Å². The van der Waals surface area contributed by atoms with E-state index in [2.05, 4.69) is 15.7 Å². The van der Waals surface area contributed by atoms with E-state index in [1.807, 2.05) is 0 Å². The average molecular weight is 481 g/mol. The summed E-state index contributed by atoms with van der Waals surface area (Å²) in [4.78, 5) is 45.3. The van der Waals surface area contributed by atoms with Gasteiger partial charge >= 0.3 is 13.7 Å². The first-order chi connectivity index (χ1) is 15.5. The van der Waals surface area contributed by atoms with Gasteiger partial charge in [-0.05, 0) is 23.6 Å². The molecule has 5 N–H and O–H groups in total. The number of carbonyl (C=O) groups is 3. The predicted octanol–water partition coefficient (Wildman–Crippen LogP) is 1.88. The molecule has 2 rings (SSSR count). The van der Waals surface area contributed by atoms with Crippen LogP contribution in [0.15, 0.2) is 47.1 Å². The lowest BCUT2D eigenvalue weighted by Gasteiger charge is -2.26. The Bertz CT molecular complexity index is 991. The smallest absolute Gasteiger partial charge is 0.405 e. The van der Waals surface area contributed by atoms with Crippen molar-refractivity contribution in [2.75, 3.05) is 6.73 Å². The zero-order valence-electron chi connectivity index (χ0n) is 18.5. The first-order valence-electron chi connectivity index (χ1n) is 10.1. The second-order valence-electron chi connectivity index (χ2n) is 7.66. The van der Waals surface area contributed by atoms with Crippen molar-refractivity contribution in [1.29, 1.82) is 0 Å². The number of furan rings is 1. The van der Waals surface area contributed by atoms with Crippen molar-refractivity contribution in [2.45, 2.75) is 39.3 Å². The van der Waals surface area contributed by atoms with Crippen molar-refractivity contribution in [3.8, 4) is 11.3 Å². The van der Waals surface area contributed by atoms with Gasteiger partial charge in [0.05, 0.1) is 12.3 Å². The maximum atomic E-state index is 12.8. The van der Waals surface area contributed by atoms with Crippen LogP contribution in [0.3, 0.4) is 0 Å². The Balaban J connectivity index is 2.04. The number of aliphatic carboxylic acids is 1. The Morgan fingerprint density at radius 3 is 2.33 bits per heavy atom. The summed E-state index contributed by atoms with van der Waals surface area (Å²) in [5.74, 6) is -2.30. The number of rotatable bonds is 12. The van der Waals surface area contributed by atoms with E-state index in [0.29, 0.717) is 11.3 Å². The molecule has 0 aliphatic heterocycles. The highest BCUT2D eigenvalue weighted by Crippen LogP contribution is 2.37. The third-order valence-corrected chi connectivity index (χ3v) is 5.71. The van der Waals surface area contributed by atoms with Gasteiger partial charge in [-0.1, -0.05) is 38.1 Å². The van der Waals surface area contributed by atoms with Crippen molar-refractivity contribution in [2.24, 2.45) is 5.92 Å². The molecule has 0 saturated carbocycles. The summed E-state index contributed by atoms with van der Waals surface area (Å²) in [5.41, 5.74) is 1.49. The van der Waals surface area contributed by atoms with E-state index < -0.39 is 50.3 Å². The monoisotopic (exact) mass is 481 g/mol. The van der Waals surface area contributed by atoms with Gasteiger partial charge in [-0.15, -0.1) is 0 Å². The molecule has 1 unspecified atom stereocenters. The van der Waals surface area contributed by atoms with Crippen LogP contribution in [-0.2, 0) is 29.9 Å². The molecule has 1 aromatic carbocycles. The molecule has 0 aliphatic rings. The summed E-state index contributed by atoms with van der Waals surface area (Å²) >= 11 is 0. The molecular weight excluding hydrogens is 453 g/mol. The Labute approximate surface area is 191 Å². The second-order valence-corrected chi connectivity index (χ2v) is 9.21. The van der Waals surface area contributed by atoms with Gasteiger partial charge in [0, 0.05) is 18.9 Å². The van der Waals surface area contributed by atoms with E-state index in [1.54, 1.807) is 56.5 Å². The maximum Gasteiger partial charge on any atom is 0.405 e. The number of amides is 2. The number of benzene rings is 1. The van der Waals surface area contributed by atoms with Crippen LogP contribution in [-0.4, -0.2) is 46.6 Å². The Hall–Kier alpha value is -2.98. The fourth-order valence-corrected chi connectivity index (χ4v) is 3.97. The lowest BCUT2D eigenvalue weighted by atomic mass is 10.0. The summed E-state index contributed by atoms with van der Waals surface area (Å²) in [6, 6.07) is 8.09. The van der Waals surface area contributed by atoms with Crippen LogP contribution in [0.2, 0.25) is 0 Å². The molecule has 0 spiro atoms. The molecule has 1 heterocycles. The Morgan fingerprint density at radius 2 is 1.82 bits per heavy atom. The highest BCUT2D eigenvalue weighted by molar-refractivity contribution is 7.50. The van der Waals surface area contributed by atoms with Crippen LogP contribution in [0.1, 0.15) is 26.3 Å². The Morgan fingerprint density at radius 1 is 1.15 bits per heavy atom. The van der Waals surface area contributed by atoms with Gasteiger partial charge in [0.25, 0.3) is 0 Å². The third-order valence-electron chi connectivity index (χ3n) is 4.63. The minimum atomic E-state index is -4.46. The summed E-state index contributed by atoms with van der Waals surface area (Å²) in [5, 5.41) is 16.4. The van der Waals surface area contributed by atoms with Gasteiger partial charge in [0.1, 0.15) is 18.5 Å². The van der Waals surface area contributed by atoms with Gasteiger partial charge in [0.15, 0.2) is 0 Å². The predicted molar refractivity (Wildman–Crippen MR) is 119 cm³/mol. The zero-order valence-corrected chi connectivity index (χ0v) is 19.4. The number of hydrogen-bond acceptors (Lipinski definition) is 6. The van der Waals surface area contributed by atoms with Crippen LogP contribution in [0.4, 0.5) is 0 Å². The normalized spacial score (nSPS) is 14.8. The number of nitrogens with one attached hydrogen (secondary N) is 3. The first kappa shape index (κ1) is 26.3. The van der Waals surface area contributed by atoms with E-state index >= 15 is 0 Å². The lowest BCUT2D eigenvalue weighted by Crippen LogP contribution is -2.52. The minimum absolute atomic E-state index is 0.000140. The van der Waals surface area contributed by atoms with Gasteiger partial charge in [-0.25, -0.2) is 14.4 Å². The first-order valence-corrected chi connectivity index (χ1v) is 11.7. The molecule has 12 heteroatoms. The molecule has 2 amide bonds. The highest BCUT2D eigenvalue weighted by atomic mass is 31.2. The molecule has 33 heavy (non-hydrogen) atoms. The number of carbonyl (C=O) groups excluding carboxylic acids is 2. The van der Waals surface area contributed by atoms with Crippen LogP contribution in [0.25, 0.3) is 11.3 Å². The number of carboxylic acids is 1. The molecule has 3 atom stereocenters. The standard InChI is InChI=1S/C21H28N3O8P/c1-13(2)19(24-33(29,30)32-12-22-14(3)25)20(26)23-17(21(27)28)11-15-6-8-16(9-7-15)18-5-4-10-31-18/h4-10,13,17,19H,11-12H2,1-3H3,(H,22,25)(H,23,26)(H,27,28)(H2,24,29,30)/t17-,19-/m0/s1. The van der Waals surface area contributed by atoms with Crippen molar-refractivity contribution in [3.05, 3.63) is 48.2 Å². The van der Waals surface area contributed by atoms with E-state index in [0.717, 1.165) is 5.56 Å². The SMILES string of the molecule is CC(=O)NCOP(=O)(O)N[C@H](C(=O)N[C@@H](Cc1ccc(-c2ccco2)cc1)C(=O)O)C(C)C. The zero-order chi connectivity index (χ0) is 24.6. The third kappa shape index (κ3) is 8.47. The molecule has 0 fully saturated rings. The summed E-state index contributed by atoms with van der Waals surface area (Å²) in [6.45, 7) is 3.91. The van der Waals surface area contributed by atoms with Crippen molar-refractivity contribution < 1.29 is 37.9 Å². The fraction of sp³-hybridized carbons (Fsp3) is 0.381. The van der Waals surface area contributed by atoms with Crippen molar-refractivity contribution >= 4 is 25.5 Å². The van der Waals surface area contributed by atoms with E-state index in [4.69, 9.17) is 8.94 Å². The summed E-state index contributed by atoms with van der Waals surface area (Å²) in [6.07, 6.45) is 1.55. The van der Waals surface area contributed by atoms with Crippen molar-refractivity contribution in [1.82, 2.24) is 15.7 Å². The minimum Gasteiger partial charge on any atom is -0.480 e. The van der Waals surface area contributed by atoms with E-state index in [9.17, 15) is 28.9 Å². The highest BCUT2D eigenvalue weighted by Gasteiger charge is 2.33. The van der Waals surface area contributed by atoms with Crippen LogP contribution >= 0.6 is 7.75 Å². The molecule has 1 aromatic heterocycles. The summed E-state index contributed by atoms with van der Waals surface area (Å²) < 4.78 is 22.3. The largest absolute Gasteiger partial charge is 0.480 e. The Kier molecular flexibility index (Phi) is 9.36. The van der Waals surface area contributed by atoms with Gasteiger partial charge in [-0.3, -0.25) is 14.1 Å². The quantitative estimate of drug-likeness (QED) is 0.225. The molecule has 0 bridgehead atoms. The topological polar surface area (TPSA) is 167 Å². The molecule has 11 nitrogen and oxygen atoms in total. The number of carboxylic acid groups (broad SMARTS) is 1. The molecule has 0 radical (unpaired) electrons. The maximum absolute atomic E-state index is 12.8. The summed E-state index contributed by atoms with van der Waals surface area (Å²) in [7, 11) is -4.46. The van der Waals surface area contributed by atoms with Crippen molar-refractivity contribution in [3.63, 3.8) is 0 Å². The lowest BCUT2D eigenvalue weighted by molar-refractivity contribution is -0.142.